The molecule has 262 valence electrons. The number of hydrogen-bond donors (Lipinski definition) is 3. The molecule has 0 aliphatic carbocycles. The van der Waals surface area contributed by atoms with Crippen molar-refractivity contribution < 1.29 is 19.1 Å². The Kier molecular flexibility index (Phi) is 15.5. The molecule has 1 heterocycles. The fourth-order valence-electron chi connectivity index (χ4n) is 5.66. The van der Waals surface area contributed by atoms with Crippen LogP contribution >= 0.6 is 0 Å². The van der Waals surface area contributed by atoms with Crippen molar-refractivity contribution in [1.29, 1.82) is 0 Å². The Hall–Kier alpha value is -4.86. The number of nitrogens with zero attached hydrogens (tertiary/aromatic N) is 3. The first-order chi connectivity index (χ1) is 23.9. The van der Waals surface area contributed by atoms with E-state index >= 15 is 0 Å². The Balaban J connectivity index is 1.36. The molecule has 10 nitrogen and oxygen atoms in total. The van der Waals surface area contributed by atoms with E-state index in [1.807, 2.05) is 66.7 Å². The fraction of sp³-hybridized carbons (Fsp3) is 0.436. The molecule has 0 saturated heterocycles. The third-order valence-electron chi connectivity index (χ3n) is 8.31. The van der Waals surface area contributed by atoms with Gasteiger partial charge in [-0.2, -0.15) is 0 Å². The molecule has 3 N–H and O–H groups in total. The lowest BCUT2D eigenvalue weighted by Crippen LogP contribution is -2.49. The number of fused-ring (bicyclic) bond motifs is 1. The van der Waals surface area contributed by atoms with E-state index in [-0.39, 0.29) is 24.3 Å². The maximum Gasteiger partial charge on any atom is 0.326 e. The highest BCUT2D eigenvalue weighted by molar-refractivity contribution is 6.05. The van der Waals surface area contributed by atoms with Crippen molar-refractivity contribution in [2.45, 2.75) is 84.6 Å². The molecule has 0 spiro atoms. The minimum absolute atomic E-state index is 0.0284. The van der Waals surface area contributed by atoms with Crippen molar-refractivity contribution in [2.24, 2.45) is 4.99 Å². The van der Waals surface area contributed by atoms with Gasteiger partial charge in [0.15, 0.2) is 0 Å². The number of unbranched alkanes of at least 4 members (excludes halogenated alkanes) is 6. The predicted octanol–water partition coefficient (Wildman–Crippen LogP) is 8.10. The maximum atomic E-state index is 13.1. The number of aliphatic imine (C=N–C) groups is 1. The number of urea groups is 1. The molecule has 0 aromatic heterocycles. The standard InChI is InChI=1S/C39H52N6O4/c1-3-5-7-15-25-44(26-16-8-6-4-2)37(47)22-17-27-49-34-23-24-35-31(28-34)29-45(30-36(46)40-32-18-11-9-12-19-32)38(42-35)43-39(48)41-33-20-13-10-14-21-33/h9-14,18-21,23-24,28H,3-8,15-17,22,25-27,29-30H2,1-2H3,(H,40,46)(H2,41,42,43,48). The van der Waals surface area contributed by atoms with Crippen LogP contribution in [0, 0.1) is 0 Å². The SMILES string of the molecule is CCCCCCN(CCCCCC)C(=O)CCCOc1ccc2c(c1)CN(CC(=O)Nc1ccccc1)C(NC(=O)Nc1ccccc1)=N2. The van der Waals surface area contributed by atoms with Crippen LogP contribution in [0.1, 0.15) is 83.6 Å². The number of anilines is 2. The quantitative estimate of drug-likeness (QED) is 0.112. The first kappa shape index (κ1) is 37.0. The molecule has 3 aromatic carbocycles. The van der Waals surface area contributed by atoms with Crippen LogP contribution < -0.4 is 20.7 Å². The van der Waals surface area contributed by atoms with Crippen molar-refractivity contribution in [3.05, 3.63) is 84.4 Å². The summed E-state index contributed by atoms with van der Waals surface area (Å²) in [6, 6.07) is 23.5. The Morgan fingerprint density at radius 2 is 1.39 bits per heavy atom. The van der Waals surface area contributed by atoms with Gasteiger partial charge in [0.2, 0.25) is 17.8 Å². The number of rotatable bonds is 19. The minimum Gasteiger partial charge on any atom is -0.494 e. The zero-order valence-corrected chi connectivity index (χ0v) is 29.1. The average Bonchev–Trinajstić information content (AvgIpc) is 3.10. The van der Waals surface area contributed by atoms with Gasteiger partial charge in [-0.1, -0.05) is 88.8 Å². The molecular weight excluding hydrogens is 616 g/mol. The molecule has 10 heteroatoms. The lowest BCUT2D eigenvalue weighted by Gasteiger charge is -2.30. The number of benzene rings is 3. The molecule has 0 atom stereocenters. The number of nitrogens with one attached hydrogen (secondary N) is 3. The van der Waals surface area contributed by atoms with Crippen LogP contribution in [-0.2, 0) is 16.1 Å². The molecule has 0 unspecified atom stereocenters. The van der Waals surface area contributed by atoms with Gasteiger partial charge in [-0.15, -0.1) is 0 Å². The number of hydrogen-bond acceptors (Lipinski definition) is 6. The van der Waals surface area contributed by atoms with Gasteiger partial charge in [0.1, 0.15) is 12.3 Å². The molecule has 1 aliphatic heterocycles. The van der Waals surface area contributed by atoms with E-state index < -0.39 is 6.03 Å². The molecule has 0 bridgehead atoms. The molecule has 49 heavy (non-hydrogen) atoms. The number of ether oxygens (including phenoxy) is 1. The molecular formula is C39H52N6O4. The first-order valence-electron chi connectivity index (χ1n) is 17.8. The third kappa shape index (κ3) is 12.9. The summed E-state index contributed by atoms with van der Waals surface area (Å²) in [7, 11) is 0. The van der Waals surface area contributed by atoms with Crippen molar-refractivity contribution in [3.8, 4) is 5.75 Å². The van der Waals surface area contributed by atoms with Crippen LogP contribution in [0.15, 0.2) is 83.9 Å². The predicted molar refractivity (Wildman–Crippen MR) is 197 cm³/mol. The number of carbonyl (C=O) groups excluding carboxylic acids is 3. The molecule has 4 rings (SSSR count). The summed E-state index contributed by atoms with van der Waals surface area (Å²) in [5.41, 5.74) is 2.86. The van der Waals surface area contributed by atoms with Crippen molar-refractivity contribution in [2.75, 3.05) is 36.9 Å². The van der Waals surface area contributed by atoms with Gasteiger partial charge in [-0.25, -0.2) is 9.79 Å². The third-order valence-corrected chi connectivity index (χ3v) is 8.31. The van der Waals surface area contributed by atoms with Gasteiger partial charge >= 0.3 is 6.03 Å². The normalized spacial score (nSPS) is 12.0. The Morgan fingerprint density at radius 1 is 0.755 bits per heavy atom. The largest absolute Gasteiger partial charge is 0.494 e. The molecule has 3 aromatic rings. The first-order valence-corrected chi connectivity index (χ1v) is 17.8. The average molecular weight is 669 g/mol. The number of para-hydroxylation sites is 2. The van der Waals surface area contributed by atoms with Crippen molar-refractivity contribution >= 4 is 40.9 Å². The molecule has 0 radical (unpaired) electrons. The van der Waals surface area contributed by atoms with Crippen LogP contribution in [-0.4, -0.2) is 59.8 Å². The lowest BCUT2D eigenvalue weighted by molar-refractivity contribution is -0.131. The monoisotopic (exact) mass is 668 g/mol. The van der Waals surface area contributed by atoms with Crippen LogP contribution in [0.2, 0.25) is 0 Å². The van der Waals surface area contributed by atoms with Crippen molar-refractivity contribution in [1.82, 2.24) is 15.1 Å². The van der Waals surface area contributed by atoms with E-state index in [1.54, 1.807) is 17.0 Å². The highest BCUT2D eigenvalue weighted by atomic mass is 16.5. The van der Waals surface area contributed by atoms with E-state index in [2.05, 4.69) is 34.7 Å². The van der Waals surface area contributed by atoms with Gasteiger partial charge in [0.25, 0.3) is 0 Å². The highest BCUT2D eigenvalue weighted by Crippen LogP contribution is 2.30. The van der Waals surface area contributed by atoms with Crippen LogP contribution in [0.25, 0.3) is 0 Å². The summed E-state index contributed by atoms with van der Waals surface area (Å²) in [6.45, 7) is 6.80. The zero-order chi connectivity index (χ0) is 34.7. The Labute approximate surface area is 291 Å². The van der Waals surface area contributed by atoms with E-state index in [9.17, 15) is 14.4 Å². The van der Waals surface area contributed by atoms with E-state index in [0.717, 1.165) is 44.3 Å². The number of guanidine groups is 1. The second-order valence-electron chi connectivity index (χ2n) is 12.4. The second-order valence-corrected chi connectivity index (χ2v) is 12.4. The summed E-state index contributed by atoms with van der Waals surface area (Å²) in [5.74, 6) is 0.904. The second kappa shape index (κ2) is 20.5. The highest BCUT2D eigenvalue weighted by Gasteiger charge is 2.24. The van der Waals surface area contributed by atoms with E-state index in [0.29, 0.717) is 48.8 Å². The van der Waals surface area contributed by atoms with Crippen molar-refractivity contribution in [3.63, 3.8) is 0 Å². The summed E-state index contributed by atoms with van der Waals surface area (Å²) in [5, 5.41) is 8.53. The maximum absolute atomic E-state index is 13.1. The van der Waals surface area contributed by atoms with Gasteiger partial charge in [0, 0.05) is 43.0 Å². The summed E-state index contributed by atoms with van der Waals surface area (Å²) in [6.07, 6.45) is 10.3. The smallest absolute Gasteiger partial charge is 0.326 e. The molecule has 4 amide bonds. The Bertz CT molecular complexity index is 1490. The molecule has 1 aliphatic rings. The minimum atomic E-state index is -0.461. The molecule has 0 saturated carbocycles. The van der Waals surface area contributed by atoms with Crippen LogP contribution in [0.4, 0.5) is 21.9 Å². The fourth-order valence-corrected chi connectivity index (χ4v) is 5.66. The van der Waals surface area contributed by atoms with Gasteiger partial charge in [-0.05, 0) is 61.7 Å². The number of amides is 4. The molecule has 0 fully saturated rings. The summed E-state index contributed by atoms with van der Waals surface area (Å²) in [4.78, 5) is 47.5. The van der Waals surface area contributed by atoms with E-state index in [4.69, 9.17) is 9.73 Å². The summed E-state index contributed by atoms with van der Waals surface area (Å²) >= 11 is 0. The van der Waals surface area contributed by atoms with Gasteiger partial charge in [0.05, 0.1) is 12.3 Å². The zero-order valence-electron chi connectivity index (χ0n) is 29.1. The Morgan fingerprint density at radius 3 is 2.02 bits per heavy atom. The summed E-state index contributed by atoms with van der Waals surface area (Å²) < 4.78 is 6.08. The van der Waals surface area contributed by atoms with Gasteiger partial charge < -0.3 is 25.2 Å². The number of carbonyl (C=O) groups is 3. The lowest BCUT2D eigenvalue weighted by atomic mass is 10.1. The van der Waals surface area contributed by atoms with Crippen LogP contribution in [0.3, 0.4) is 0 Å². The topological polar surface area (TPSA) is 115 Å². The van der Waals surface area contributed by atoms with E-state index in [1.165, 1.54) is 25.7 Å². The van der Waals surface area contributed by atoms with Crippen LogP contribution in [0.5, 0.6) is 5.75 Å². The van der Waals surface area contributed by atoms with Gasteiger partial charge in [-0.3, -0.25) is 14.9 Å².